The van der Waals surface area contributed by atoms with Crippen LogP contribution in [0.4, 0.5) is 10.8 Å². The Bertz CT molecular complexity index is 1100. The fourth-order valence-electron chi connectivity index (χ4n) is 2.72. The van der Waals surface area contributed by atoms with E-state index in [1.165, 1.54) is 16.9 Å². The lowest BCUT2D eigenvalue weighted by Crippen LogP contribution is -2.18. The van der Waals surface area contributed by atoms with Crippen LogP contribution in [0.2, 0.25) is 0 Å². The first-order chi connectivity index (χ1) is 13.6. The molecule has 4 aromatic rings. The third kappa shape index (κ3) is 3.92. The number of nitrogens with zero attached hydrogens (tertiary/aromatic N) is 4. The molecule has 2 heterocycles. The molecule has 0 spiro atoms. The number of anilines is 2. The van der Waals surface area contributed by atoms with E-state index in [0.29, 0.717) is 10.2 Å². The average Bonchev–Trinajstić information content (AvgIpc) is 3.29. The summed E-state index contributed by atoms with van der Waals surface area (Å²) >= 11 is 6.83. The van der Waals surface area contributed by atoms with Gasteiger partial charge in [0.15, 0.2) is 10.2 Å². The zero-order valence-electron chi connectivity index (χ0n) is 15.4. The molecule has 0 saturated heterocycles. The molecule has 0 amide bonds. The Kier molecular flexibility index (Phi) is 5.14. The maximum absolute atomic E-state index is 5.36. The molecular weight excluding hydrogens is 388 g/mol. The number of benzene rings is 2. The van der Waals surface area contributed by atoms with Crippen molar-refractivity contribution in [2.75, 3.05) is 10.6 Å². The number of thiocarbonyl (C=S) groups is 1. The Labute approximate surface area is 172 Å². The van der Waals surface area contributed by atoms with Gasteiger partial charge in [0, 0.05) is 11.1 Å². The minimum Gasteiger partial charge on any atom is -0.332 e. The number of hydrogen-bond acceptors (Lipinski definition) is 5. The molecule has 0 aliphatic carbocycles. The van der Waals surface area contributed by atoms with Gasteiger partial charge in [0.25, 0.3) is 0 Å². The second-order valence-corrected chi connectivity index (χ2v) is 7.52. The first-order valence-corrected chi connectivity index (χ1v) is 9.97. The molecule has 8 heteroatoms. The van der Waals surface area contributed by atoms with Gasteiger partial charge in [-0.2, -0.15) is 0 Å². The van der Waals surface area contributed by atoms with Crippen LogP contribution in [0.15, 0.2) is 60.0 Å². The van der Waals surface area contributed by atoms with Gasteiger partial charge >= 0.3 is 0 Å². The summed E-state index contributed by atoms with van der Waals surface area (Å²) in [7, 11) is 0. The van der Waals surface area contributed by atoms with Crippen molar-refractivity contribution in [3.05, 3.63) is 71.2 Å². The molecule has 0 aliphatic rings. The van der Waals surface area contributed by atoms with Gasteiger partial charge in [-0.3, -0.25) is 0 Å². The summed E-state index contributed by atoms with van der Waals surface area (Å²) in [5.74, 6) is 0. The van der Waals surface area contributed by atoms with E-state index >= 15 is 0 Å². The van der Waals surface area contributed by atoms with Crippen LogP contribution in [0.1, 0.15) is 11.3 Å². The van der Waals surface area contributed by atoms with Crippen molar-refractivity contribution < 1.29 is 0 Å². The van der Waals surface area contributed by atoms with Gasteiger partial charge in [-0.05, 0) is 50.3 Å². The van der Waals surface area contributed by atoms with E-state index in [0.717, 1.165) is 28.5 Å². The van der Waals surface area contributed by atoms with Gasteiger partial charge in [-0.15, -0.1) is 16.4 Å². The van der Waals surface area contributed by atoms with Gasteiger partial charge in [0.05, 0.1) is 11.4 Å². The fraction of sp³-hybridized carbons (Fsp3) is 0.100. The highest BCUT2D eigenvalue weighted by atomic mass is 32.1. The third-order valence-corrected chi connectivity index (χ3v) is 5.13. The van der Waals surface area contributed by atoms with Crippen molar-refractivity contribution >= 4 is 39.5 Å². The van der Waals surface area contributed by atoms with Gasteiger partial charge in [-0.25, -0.2) is 9.67 Å². The predicted molar refractivity (Wildman–Crippen MR) is 118 cm³/mol. The largest absolute Gasteiger partial charge is 0.332 e. The highest BCUT2D eigenvalue weighted by molar-refractivity contribution is 7.80. The van der Waals surface area contributed by atoms with Gasteiger partial charge in [0.1, 0.15) is 11.4 Å². The predicted octanol–water partition coefficient (Wildman–Crippen LogP) is 4.82. The van der Waals surface area contributed by atoms with Crippen molar-refractivity contribution in [2.45, 2.75) is 13.8 Å². The van der Waals surface area contributed by atoms with Crippen molar-refractivity contribution in [2.24, 2.45) is 0 Å². The summed E-state index contributed by atoms with van der Waals surface area (Å²) in [6.07, 6.45) is 0. The Morgan fingerprint density at radius 2 is 1.75 bits per heavy atom. The lowest BCUT2D eigenvalue weighted by molar-refractivity contribution is 0.785. The minimum absolute atomic E-state index is 0.493. The second-order valence-electron chi connectivity index (χ2n) is 6.25. The number of hydrogen-bond donors (Lipinski definition) is 2. The molecule has 4 rings (SSSR count). The summed E-state index contributed by atoms with van der Waals surface area (Å²) in [5.41, 5.74) is 5.57. The lowest BCUT2D eigenvalue weighted by Gasteiger charge is -2.07. The monoisotopic (exact) mass is 406 g/mol. The van der Waals surface area contributed by atoms with Crippen LogP contribution in [-0.2, 0) is 0 Å². The van der Waals surface area contributed by atoms with Crippen molar-refractivity contribution in [3.63, 3.8) is 0 Å². The number of rotatable bonds is 4. The maximum Gasteiger partial charge on any atom is 0.189 e. The summed E-state index contributed by atoms with van der Waals surface area (Å²) in [6.45, 7) is 4.05. The Balaban J connectivity index is 1.50. The average molecular weight is 407 g/mol. The number of para-hydroxylation sites is 1. The summed E-state index contributed by atoms with van der Waals surface area (Å²) in [6, 6.07) is 17.9. The van der Waals surface area contributed by atoms with Crippen molar-refractivity contribution in [3.8, 4) is 17.1 Å². The van der Waals surface area contributed by atoms with Crippen LogP contribution in [0.5, 0.6) is 0 Å². The van der Waals surface area contributed by atoms with Crippen LogP contribution in [0, 0.1) is 13.8 Å². The van der Waals surface area contributed by atoms with Crippen molar-refractivity contribution in [1.82, 2.24) is 20.0 Å². The van der Waals surface area contributed by atoms with E-state index in [2.05, 4.69) is 45.0 Å². The first-order valence-electron chi connectivity index (χ1n) is 8.68. The molecule has 0 unspecified atom stereocenters. The molecule has 0 aliphatic heterocycles. The van der Waals surface area contributed by atoms with Crippen LogP contribution in [0.3, 0.4) is 0 Å². The van der Waals surface area contributed by atoms with Crippen LogP contribution in [0.25, 0.3) is 17.1 Å². The highest BCUT2D eigenvalue weighted by Crippen LogP contribution is 2.27. The highest BCUT2D eigenvalue weighted by Gasteiger charge is 2.15. The second kappa shape index (κ2) is 7.87. The smallest absolute Gasteiger partial charge is 0.189 e. The van der Waals surface area contributed by atoms with Crippen LogP contribution >= 0.6 is 23.6 Å². The topological polar surface area (TPSA) is 67.7 Å². The zero-order chi connectivity index (χ0) is 19.5. The van der Waals surface area contributed by atoms with Gasteiger partial charge < -0.3 is 10.6 Å². The van der Waals surface area contributed by atoms with E-state index in [1.807, 2.05) is 59.5 Å². The van der Waals surface area contributed by atoms with Gasteiger partial charge in [0.2, 0.25) is 0 Å². The Morgan fingerprint density at radius 1 is 1.00 bits per heavy atom. The zero-order valence-corrected chi connectivity index (χ0v) is 17.0. The van der Waals surface area contributed by atoms with E-state index in [9.17, 15) is 0 Å². The van der Waals surface area contributed by atoms with Crippen LogP contribution < -0.4 is 10.6 Å². The van der Waals surface area contributed by atoms with E-state index in [4.69, 9.17) is 12.2 Å². The molecule has 2 aromatic carbocycles. The molecule has 6 nitrogen and oxygen atoms in total. The van der Waals surface area contributed by atoms with E-state index in [-0.39, 0.29) is 0 Å². The third-order valence-electron chi connectivity index (χ3n) is 4.17. The summed E-state index contributed by atoms with van der Waals surface area (Å²) < 4.78 is 1.82. The first kappa shape index (κ1) is 18.3. The minimum atomic E-state index is 0.493. The van der Waals surface area contributed by atoms with E-state index in [1.54, 1.807) is 0 Å². The van der Waals surface area contributed by atoms with Gasteiger partial charge in [-0.1, -0.05) is 41.1 Å². The molecule has 0 atom stereocenters. The lowest BCUT2D eigenvalue weighted by atomic mass is 10.2. The number of thiazole rings is 1. The Hall–Kier alpha value is -3.10. The Morgan fingerprint density at radius 3 is 2.50 bits per heavy atom. The molecule has 28 heavy (non-hydrogen) atoms. The molecule has 0 saturated carbocycles. The fourth-order valence-corrected chi connectivity index (χ4v) is 3.70. The normalized spacial score (nSPS) is 10.6. The number of nitrogens with one attached hydrogen (secondary N) is 2. The SMILES string of the molecule is Cc1ccc(-n2nnc(-c3csc(NC(=S)Nc4ccccc4)n3)c2C)cc1. The molecule has 0 radical (unpaired) electrons. The summed E-state index contributed by atoms with van der Waals surface area (Å²) in [5, 5.41) is 18.0. The molecule has 2 N–H and O–H groups in total. The molecule has 140 valence electrons. The standard InChI is InChI=1S/C20H18N6S2/c1-13-8-10-16(11-9-13)26-14(2)18(24-25-26)17-12-28-20(22-17)23-19(27)21-15-6-4-3-5-7-15/h3-12H,1-2H3,(H2,21,22,23,27). The maximum atomic E-state index is 5.36. The molecular formula is C20H18N6S2. The molecule has 2 aromatic heterocycles. The molecule has 0 fully saturated rings. The number of aromatic nitrogens is 4. The van der Waals surface area contributed by atoms with Crippen LogP contribution in [-0.4, -0.2) is 25.1 Å². The van der Waals surface area contributed by atoms with E-state index < -0.39 is 0 Å². The molecule has 0 bridgehead atoms. The number of aryl methyl sites for hydroxylation is 1. The summed E-state index contributed by atoms with van der Waals surface area (Å²) in [4.78, 5) is 4.61. The quantitative estimate of drug-likeness (QED) is 0.474. The van der Waals surface area contributed by atoms with Crippen molar-refractivity contribution in [1.29, 1.82) is 0 Å².